The molecular weight excluding hydrogens is 248 g/mol. The Morgan fingerprint density at radius 2 is 2.05 bits per heavy atom. The van der Waals surface area contributed by atoms with Crippen LogP contribution in [0.1, 0.15) is 26.7 Å². The van der Waals surface area contributed by atoms with Gasteiger partial charge in [-0.1, -0.05) is 0 Å². The average Bonchev–Trinajstić information content (AvgIpc) is 2.34. The summed E-state index contributed by atoms with van der Waals surface area (Å²) < 4.78 is 0. The van der Waals surface area contributed by atoms with Gasteiger partial charge in [0.15, 0.2) is 0 Å². The van der Waals surface area contributed by atoms with Gasteiger partial charge in [-0.15, -0.1) is 0 Å². The van der Waals surface area contributed by atoms with Gasteiger partial charge in [-0.3, -0.25) is 10.1 Å². The van der Waals surface area contributed by atoms with Crippen molar-refractivity contribution < 1.29 is 10.0 Å². The van der Waals surface area contributed by atoms with E-state index in [1.165, 1.54) is 12.1 Å². The van der Waals surface area contributed by atoms with Crippen molar-refractivity contribution in [1.29, 1.82) is 0 Å². The molecule has 0 fully saturated rings. The van der Waals surface area contributed by atoms with Gasteiger partial charge in [-0.2, -0.15) is 0 Å². The molecule has 7 nitrogen and oxygen atoms in total. The highest BCUT2D eigenvalue weighted by molar-refractivity contribution is 5.54. The first kappa shape index (κ1) is 15.2. The van der Waals surface area contributed by atoms with E-state index in [0.717, 1.165) is 6.42 Å². The van der Waals surface area contributed by atoms with Crippen LogP contribution in [0.5, 0.6) is 0 Å². The number of rotatable bonds is 8. The van der Waals surface area contributed by atoms with Crippen LogP contribution < -0.4 is 10.6 Å². The largest absolute Gasteiger partial charge is 0.393 e. The summed E-state index contributed by atoms with van der Waals surface area (Å²) >= 11 is 0. The minimum Gasteiger partial charge on any atom is -0.393 e. The Morgan fingerprint density at radius 3 is 2.58 bits per heavy atom. The van der Waals surface area contributed by atoms with Gasteiger partial charge in [0.1, 0.15) is 11.6 Å². The van der Waals surface area contributed by atoms with Crippen LogP contribution in [-0.2, 0) is 0 Å². The van der Waals surface area contributed by atoms with Crippen LogP contribution in [0.3, 0.4) is 0 Å². The summed E-state index contributed by atoms with van der Waals surface area (Å²) in [6, 6.07) is 2.81. The van der Waals surface area contributed by atoms with Crippen LogP contribution in [0.25, 0.3) is 0 Å². The average molecular weight is 268 g/mol. The molecule has 1 heterocycles. The Morgan fingerprint density at radius 1 is 1.42 bits per heavy atom. The van der Waals surface area contributed by atoms with E-state index in [2.05, 4.69) is 15.6 Å². The molecule has 0 bridgehead atoms. The summed E-state index contributed by atoms with van der Waals surface area (Å²) in [5.41, 5.74) is 0.00368. The van der Waals surface area contributed by atoms with Crippen molar-refractivity contribution in [2.45, 2.75) is 32.8 Å². The van der Waals surface area contributed by atoms with E-state index >= 15 is 0 Å². The third kappa shape index (κ3) is 5.52. The number of pyridine rings is 1. The molecule has 0 amide bonds. The second-order valence-electron chi connectivity index (χ2n) is 4.30. The molecule has 0 saturated heterocycles. The first-order chi connectivity index (χ1) is 9.02. The van der Waals surface area contributed by atoms with E-state index in [0.29, 0.717) is 31.1 Å². The number of nitrogens with one attached hydrogen (secondary N) is 2. The number of nitrogens with zero attached hydrogens (tertiary/aromatic N) is 2. The molecule has 7 heteroatoms. The molecule has 0 saturated carbocycles. The van der Waals surface area contributed by atoms with Gasteiger partial charge in [0.2, 0.25) is 0 Å². The zero-order valence-electron chi connectivity index (χ0n) is 11.2. The molecule has 0 spiro atoms. The van der Waals surface area contributed by atoms with E-state index in [-0.39, 0.29) is 11.8 Å². The molecule has 0 aliphatic heterocycles. The van der Waals surface area contributed by atoms with Crippen molar-refractivity contribution in [1.82, 2.24) is 4.98 Å². The molecule has 3 N–H and O–H groups in total. The van der Waals surface area contributed by atoms with Crippen molar-refractivity contribution in [2.24, 2.45) is 0 Å². The molecule has 0 aliphatic carbocycles. The predicted octanol–water partition coefficient (Wildman–Crippen LogP) is 1.99. The summed E-state index contributed by atoms with van der Waals surface area (Å²) in [6.07, 6.45) is 1.12. The molecule has 1 aromatic heterocycles. The topological polar surface area (TPSA) is 100 Å². The predicted molar refractivity (Wildman–Crippen MR) is 74.5 cm³/mol. The molecule has 1 rings (SSSR count). The SMILES string of the molecule is CCNc1cc([N+](=O)[O-])cc(NCCCC(C)O)n1. The van der Waals surface area contributed by atoms with Gasteiger partial charge in [0, 0.05) is 13.1 Å². The Labute approximate surface area is 112 Å². The van der Waals surface area contributed by atoms with E-state index in [1.54, 1.807) is 6.92 Å². The molecule has 0 aromatic carbocycles. The number of aliphatic hydroxyl groups is 1. The van der Waals surface area contributed by atoms with Crippen molar-refractivity contribution in [2.75, 3.05) is 23.7 Å². The van der Waals surface area contributed by atoms with Crippen LogP contribution in [0.2, 0.25) is 0 Å². The summed E-state index contributed by atoms with van der Waals surface area (Å²) in [7, 11) is 0. The molecule has 0 aliphatic rings. The lowest BCUT2D eigenvalue weighted by Crippen LogP contribution is -2.09. The van der Waals surface area contributed by atoms with Gasteiger partial charge in [0.05, 0.1) is 23.2 Å². The van der Waals surface area contributed by atoms with Gasteiger partial charge in [-0.25, -0.2) is 4.98 Å². The lowest BCUT2D eigenvalue weighted by atomic mass is 10.2. The maximum absolute atomic E-state index is 10.8. The molecule has 1 atom stereocenters. The fourth-order valence-electron chi connectivity index (χ4n) is 1.60. The lowest BCUT2D eigenvalue weighted by Gasteiger charge is -2.09. The van der Waals surface area contributed by atoms with Crippen molar-refractivity contribution in [3.8, 4) is 0 Å². The van der Waals surface area contributed by atoms with E-state index in [9.17, 15) is 10.1 Å². The normalized spacial score (nSPS) is 11.9. The first-order valence-corrected chi connectivity index (χ1v) is 6.35. The zero-order chi connectivity index (χ0) is 14.3. The number of hydrogen-bond acceptors (Lipinski definition) is 6. The minimum atomic E-state index is -0.441. The fraction of sp³-hybridized carbons (Fsp3) is 0.583. The highest BCUT2D eigenvalue weighted by Crippen LogP contribution is 2.20. The summed E-state index contributed by atoms with van der Waals surface area (Å²) in [6.45, 7) is 4.89. The fourth-order valence-corrected chi connectivity index (χ4v) is 1.60. The smallest absolute Gasteiger partial charge is 0.276 e. The van der Waals surface area contributed by atoms with Gasteiger partial charge >= 0.3 is 0 Å². The molecule has 19 heavy (non-hydrogen) atoms. The molecule has 1 unspecified atom stereocenters. The Balaban J connectivity index is 2.67. The second-order valence-corrected chi connectivity index (χ2v) is 4.30. The lowest BCUT2D eigenvalue weighted by molar-refractivity contribution is -0.384. The summed E-state index contributed by atoms with van der Waals surface area (Å²) in [5.74, 6) is 0.950. The zero-order valence-corrected chi connectivity index (χ0v) is 11.2. The quantitative estimate of drug-likeness (QED) is 0.379. The van der Waals surface area contributed by atoms with Crippen LogP contribution >= 0.6 is 0 Å². The molecule has 0 radical (unpaired) electrons. The van der Waals surface area contributed by atoms with Crippen LogP contribution in [0.4, 0.5) is 17.3 Å². The monoisotopic (exact) mass is 268 g/mol. The standard InChI is InChI=1S/C12H20N4O3/c1-3-13-11-7-10(16(18)19)8-12(15-11)14-6-4-5-9(2)17/h7-9,17H,3-6H2,1-2H3,(H2,13,14,15). The maximum atomic E-state index is 10.8. The number of aliphatic hydroxyl groups excluding tert-OH is 1. The third-order valence-electron chi connectivity index (χ3n) is 2.48. The Bertz CT molecular complexity index is 423. The third-order valence-corrected chi connectivity index (χ3v) is 2.48. The number of hydrogen-bond donors (Lipinski definition) is 3. The van der Waals surface area contributed by atoms with Crippen molar-refractivity contribution in [3.05, 3.63) is 22.2 Å². The number of aromatic nitrogens is 1. The van der Waals surface area contributed by atoms with Gasteiger partial charge in [-0.05, 0) is 26.7 Å². The summed E-state index contributed by atoms with van der Waals surface area (Å²) in [4.78, 5) is 14.6. The van der Waals surface area contributed by atoms with Crippen molar-refractivity contribution in [3.63, 3.8) is 0 Å². The molecular formula is C12H20N4O3. The van der Waals surface area contributed by atoms with Crippen molar-refractivity contribution >= 4 is 17.3 Å². The molecule has 1 aromatic rings. The Kier molecular flexibility index (Phi) is 6.01. The van der Waals surface area contributed by atoms with Crippen LogP contribution in [0.15, 0.2) is 12.1 Å². The first-order valence-electron chi connectivity index (χ1n) is 6.35. The van der Waals surface area contributed by atoms with Gasteiger partial charge < -0.3 is 15.7 Å². The maximum Gasteiger partial charge on any atom is 0.276 e. The second kappa shape index (κ2) is 7.52. The summed E-state index contributed by atoms with van der Waals surface area (Å²) in [5, 5.41) is 25.9. The van der Waals surface area contributed by atoms with E-state index < -0.39 is 4.92 Å². The van der Waals surface area contributed by atoms with Crippen LogP contribution in [0, 0.1) is 10.1 Å². The highest BCUT2D eigenvalue weighted by atomic mass is 16.6. The number of anilines is 2. The minimum absolute atomic E-state index is 0.00368. The van der Waals surface area contributed by atoms with E-state index in [1.807, 2.05) is 6.92 Å². The van der Waals surface area contributed by atoms with Gasteiger partial charge in [0.25, 0.3) is 5.69 Å². The van der Waals surface area contributed by atoms with Crippen LogP contribution in [-0.4, -0.2) is 34.2 Å². The highest BCUT2D eigenvalue weighted by Gasteiger charge is 2.10. The van der Waals surface area contributed by atoms with E-state index in [4.69, 9.17) is 5.11 Å². The Hall–Kier alpha value is -1.89. The molecule has 106 valence electrons. The number of nitro groups is 1.